The Balaban J connectivity index is 1.12. The quantitative estimate of drug-likeness (QED) is 0.169. The number of hydrogen-bond donors (Lipinski definition) is 0. The molecule has 0 bridgehead atoms. The molecule has 54 heavy (non-hydrogen) atoms. The van der Waals surface area contributed by atoms with Gasteiger partial charge in [0.15, 0.2) is 0 Å². The van der Waals surface area contributed by atoms with Crippen LogP contribution in [0.1, 0.15) is 0 Å². The van der Waals surface area contributed by atoms with Crippen LogP contribution in [0.15, 0.2) is 152 Å². The molecule has 0 fully saturated rings. The first-order chi connectivity index (χ1) is 26.7. The van der Waals surface area contributed by atoms with Gasteiger partial charge in [-0.2, -0.15) is 0 Å². The van der Waals surface area contributed by atoms with E-state index in [0.717, 1.165) is 55.2 Å². The van der Waals surface area contributed by atoms with E-state index >= 15 is 0 Å². The van der Waals surface area contributed by atoms with Crippen molar-refractivity contribution in [3.05, 3.63) is 152 Å². The monoisotopic (exact) mass is 763 g/mol. The number of benzene rings is 2. The van der Waals surface area contributed by atoms with Gasteiger partial charge in [-0.1, -0.05) is 48.5 Å². The van der Waals surface area contributed by atoms with Gasteiger partial charge in [0.1, 0.15) is 0 Å². The first-order valence-corrected chi connectivity index (χ1v) is 20.6. The van der Waals surface area contributed by atoms with Crippen LogP contribution >= 0.6 is 45.3 Å². The van der Waals surface area contributed by atoms with Crippen LogP contribution in [-0.4, -0.2) is 24.9 Å². The fraction of sp³-hybridized carbons (Fsp3) is 0. The normalized spacial score (nSPS) is 11.7. The van der Waals surface area contributed by atoms with Crippen molar-refractivity contribution in [1.82, 2.24) is 24.9 Å². The topological polar surface area (TPSA) is 64.5 Å². The average molecular weight is 764 g/mol. The molecule has 0 aliphatic rings. The summed E-state index contributed by atoms with van der Waals surface area (Å²) in [5.74, 6) is 0. The highest BCUT2D eigenvalue weighted by atomic mass is 32.1. The molecule has 9 aromatic heterocycles. The number of aromatic nitrogens is 5. The van der Waals surface area contributed by atoms with Crippen LogP contribution in [-0.2, 0) is 0 Å². The maximum atomic E-state index is 5.12. The Morgan fingerprint density at radius 2 is 0.852 bits per heavy atom. The number of thiophene rings is 4. The zero-order valence-corrected chi connectivity index (χ0v) is 31.6. The Morgan fingerprint density at radius 1 is 0.333 bits per heavy atom. The summed E-state index contributed by atoms with van der Waals surface area (Å²) in [5, 5.41) is 3.86. The van der Waals surface area contributed by atoms with Crippen molar-refractivity contribution in [3.63, 3.8) is 0 Å². The van der Waals surface area contributed by atoms with Crippen molar-refractivity contribution in [3.8, 4) is 65.6 Å². The summed E-state index contributed by atoms with van der Waals surface area (Å²) < 4.78 is 6.50. The molecule has 5 nitrogen and oxygen atoms in total. The molecule has 0 saturated heterocycles. The average Bonchev–Trinajstić information content (AvgIpc) is 4.05. The maximum absolute atomic E-state index is 5.12. The second kappa shape index (κ2) is 12.9. The standard InChI is InChI=1S/C45H25N5S4/c1-4-19-46-30(12-1)26-10-7-11-27(22-26)37-25-40-45(51-37)41-28-23-38(35-17-8-15-33(49-35)31-13-2-5-20-47-31)52-43(28)44-29(42(41)54-40)24-39(53-44)36-18-9-16-34(50-36)32-14-3-6-21-48-32/h1-25H. The zero-order valence-electron chi connectivity index (χ0n) is 28.3. The van der Waals surface area contributed by atoms with Crippen molar-refractivity contribution in [1.29, 1.82) is 0 Å². The fourth-order valence-electron chi connectivity index (χ4n) is 7.01. The van der Waals surface area contributed by atoms with Crippen molar-refractivity contribution in [2.75, 3.05) is 0 Å². The van der Waals surface area contributed by atoms with E-state index in [2.05, 4.69) is 87.7 Å². The van der Waals surface area contributed by atoms with Crippen LogP contribution in [0.3, 0.4) is 0 Å². The Labute approximate surface area is 325 Å². The number of rotatable bonds is 6. The molecule has 0 saturated carbocycles. The minimum absolute atomic E-state index is 0.867. The van der Waals surface area contributed by atoms with E-state index < -0.39 is 0 Å². The summed E-state index contributed by atoms with van der Waals surface area (Å²) in [6, 6.07) is 46.2. The second-order valence-electron chi connectivity index (χ2n) is 12.9. The van der Waals surface area contributed by atoms with Crippen LogP contribution in [0, 0.1) is 0 Å². The number of nitrogens with zero attached hydrogens (tertiary/aromatic N) is 5. The van der Waals surface area contributed by atoms with Crippen LogP contribution < -0.4 is 0 Å². The van der Waals surface area contributed by atoms with Crippen LogP contribution in [0.25, 0.3) is 105 Å². The maximum Gasteiger partial charge on any atom is 0.0894 e. The number of pyridine rings is 5. The van der Waals surface area contributed by atoms with Gasteiger partial charge in [0, 0.05) is 54.6 Å². The molecular weight excluding hydrogens is 739 g/mol. The summed E-state index contributed by atoms with van der Waals surface area (Å²) in [5.41, 5.74) is 8.68. The van der Waals surface area contributed by atoms with E-state index in [1.807, 2.05) is 125 Å². The lowest BCUT2D eigenvalue weighted by Crippen LogP contribution is -1.88. The molecule has 11 rings (SSSR count). The van der Waals surface area contributed by atoms with E-state index in [1.165, 1.54) is 50.1 Å². The third-order valence-electron chi connectivity index (χ3n) is 9.51. The summed E-state index contributed by atoms with van der Waals surface area (Å²) >= 11 is 7.41. The molecule has 0 radical (unpaired) electrons. The molecule has 0 unspecified atom stereocenters. The lowest BCUT2D eigenvalue weighted by molar-refractivity contribution is 1.25. The Bertz CT molecular complexity index is 3160. The summed E-state index contributed by atoms with van der Waals surface area (Å²) in [4.78, 5) is 27.5. The van der Waals surface area contributed by atoms with Crippen molar-refractivity contribution in [2.45, 2.75) is 0 Å². The van der Waals surface area contributed by atoms with Gasteiger partial charge in [0.2, 0.25) is 0 Å². The molecule has 9 heteroatoms. The predicted molar refractivity (Wildman–Crippen MR) is 230 cm³/mol. The molecular formula is C45H25N5S4. The molecule has 0 atom stereocenters. The molecule has 0 spiro atoms. The van der Waals surface area contributed by atoms with Gasteiger partial charge in [-0.25, -0.2) is 9.97 Å². The molecule has 0 aliphatic carbocycles. The molecule has 254 valence electrons. The Kier molecular flexibility index (Phi) is 7.51. The smallest absolute Gasteiger partial charge is 0.0894 e. The van der Waals surface area contributed by atoms with Crippen LogP contribution in [0.5, 0.6) is 0 Å². The van der Waals surface area contributed by atoms with E-state index in [9.17, 15) is 0 Å². The summed E-state index contributed by atoms with van der Waals surface area (Å²) in [6.45, 7) is 0. The van der Waals surface area contributed by atoms with Crippen molar-refractivity contribution >= 4 is 85.0 Å². The van der Waals surface area contributed by atoms with Gasteiger partial charge in [-0.05, 0) is 90.5 Å². The molecule has 11 aromatic rings. The number of fused-ring (bicyclic) bond motifs is 8. The van der Waals surface area contributed by atoms with Gasteiger partial charge in [0.25, 0.3) is 0 Å². The summed E-state index contributed by atoms with van der Waals surface area (Å²) in [6.07, 6.45) is 5.48. The predicted octanol–water partition coefficient (Wildman–Crippen LogP) is 13.5. The van der Waals surface area contributed by atoms with Crippen molar-refractivity contribution < 1.29 is 0 Å². The molecule has 0 aliphatic heterocycles. The van der Waals surface area contributed by atoms with Gasteiger partial charge in [-0.15, -0.1) is 45.3 Å². The molecule has 0 N–H and O–H groups in total. The van der Waals surface area contributed by atoms with Gasteiger partial charge < -0.3 is 0 Å². The van der Waals surface area contributed by atoms with Gasteiger partial charge in [0.05, 0.1) is 63.7 Å². The van der Waals surface area contributed by atoms with E-state index in [0.29, 0.717) is 0 Å². The minimum Gasteiger partial charge on any atom is -0.256 e. The third-order valence-corrected chi connectivity index (χ3v) is 14.5. The second-order valence-corrected chi connectivity index (χ2v) is 17.1. The Morgan fingerprint density at radius 3 is 1.48 bits per heavy atom. The minimum atomic E-state index is 0.867. The van der Waals surface area contributed by atoms with E-state index in [-0.39, 0.29) is 0 Å². The van der Waals surface area contributed by atoms with Gasteiger partial charge in [-0.3, -0.25) is 15.0 Å². The van der Waals surface area contributed by atoms with Crippen LogP contribution in [0.4, 0.5) is 0 Å². The molecule has 9 heterocycles. The van der Waals surface area contributed by atoms with Crippen molar-refractivity contribution in [2.24, 2.45) is 0 Å². The Hall–Kier alpha value is -5.97. The van der Waals surface area contributed by atoms with E-state index in [1.54, 1.807) is 0 Å². The first kappa shape index (κ1) is 31.5. The SMILES string of the molecule is c1ccc(-c2cccc(-c3cc4sc5c6cc(-c7cccc(-c8ccccn8)n7)sc6c6sc(-c7cccc(-c8ccccn8)n7)cc6c5c4s3)c2)nc1. The summed E-state index contributed by atoms with van der Waals surface area (Å²) in [7, 11) is 0. The highest BCUT2D eigenvalue weighted by molar-refractivity contribution is 7.36. The molecule has 0 amide bonds. The first-order valence-electron chi connectivity index (χ1n) is 17.4. The third kappa shape index (κ3) is 5.35. The lowest BCUT2D eigenvalue weighted by atomic mass is 10.1. The lowest BCUT2D eigenvalue weighted by Gasteiger charge is -2.03. The fourth-order valence-corrected chi connectivity index (χ4v) is 12.2. The highest BCUT2D eigenvalue weighted by Crippen LogP contribution is 2.53. The zero-order chi connectivity index (χ0) is 35.6. The number of hydrogen-bond acceptors (Lipinski definition) is 9. The van der Waals surface area contributed by atoms with Crippen LogP contribution in [0.2, 0.25) is 0 Å². The largest absolute Gasteiger partial charge is 0.256 e. The molecule has 2 aromatic carbocycles. The highest BCUT2D eigenvalue weighted by Gasteiger charge is 2.22. The van der Waals surface area contributed by atoms with Gasteiger partial charge >= 0.3 is 0 Å². The van der Waals surface area contributed by atoms with E-state index in [4.69, 9.17) is 9.97 Å².